The third-order valence-electron chi connectivity index (χ3n) is 4.37. The Hall–Kier alpha value is -2.65. The Morgan fingerprint density at radius 3 is 2.12 bits per heavy atom. The minimum atomic E-state index is 0.150. The van der Waals surface area contributed by atoms with Crippen LogP contribution in [0.15, 0.2) is 66.9 Å². The van der Waals surface area contributed by atoms with E-state index in [0.29, 0.717) is 6.42 Å². The number of ketones is 1. The van der Waals surface area contributed by atoms with Gasteiger partial charge in [0.05, 0.1) is 11.3 Å². The smallest absolute Gasteiger partial charge is 0.165 e. The Kier molecular flexibility index (Phi) is 5.81. The van der Waals surface area contributed by atoms with E-state index in [1.54, 1.807) is 0 Å². The third kappa shape index (κ3) is 4.06. The molecule has 25 heavy (non-hydrogen) atoms. The maximum atomic E-state index is 13.0. The lowest BCUT2D eigenvalue weighted by Crippen LogP contribution is -2.02. The van der Waals surface area contributed by atoms with Crippen molar-refractivity contribution in [3.63, 3.8) is 0 Å². The van der Waals surface area contributed by atoms with E-state index in [9.17, 15) is 4.79 Å². The summed E-state index contributed by atoms with van der Waals surface area (Å²) in [6.45, 7) is 0.183. The number of carbonyl (C=O) groups is 1. The van der Waals surface area contributed by atoms with Gasteiger partial charge in [-0.1, -0.05) is 67.1 Å². The fourth-order valence-corrected chi connectivity index (χ4v) is 3.09. The third-order valence-corrected chi connectivity index (χ3v) is 4.37. The van der Waals surface area contributed by atoms with E-state index in [2.05, 4.69) is 4.98 Å². The van der Waals surface area contributed by atoms with Gasteiger partial charge in [0.2, 0.25) is 0 Å². The number of aromatic amines is 1. The molecule has 0 atom stereocenters. The van der Waals surface area contributed by atoms with Gasteiger partial charge in [0.15, 0.2) is 5.78 Å². The Bertz CT molecular complexity index is 750. The molecule has 0 amide bonds. The second-order valence-corrected chi connectivity index (χ2v) is 6.14. The highest BCUT2D eigenvalue weighted by Gasteiger charge is 2.20. The first-order chi connectivity index (χ1) is 12.3. The first-order valence-electron chi connectivity index (χ1n) is 8.77. The summed E-state index contributed by atoms with van der Waals surface area (Å²) in [5, 5.41) is 8.91. The summed E-state index contributed by atoms with van der Waals surface area (Å²) in [5.74, 6) is 0.150. The molecule has 0 fully saturated rings. The number of aliphatic hydroxyl groups excluding tert-OH is 1. The molecular formula is C22H23NO2. The van der Waals surface area contributed by atoms with Crippen molar-refractivity contribution in [1.82, 2.24) is 4.98 Å². The standard InChI is InChI=1S/C22H23NO2/c24-15-9-3-8-14-20(25)21-19(17-10-4-1-5-11-17)16-23-22(21)18-12-6-2-7-13-18/h1-2,4-7,10-13,16,23-24H,3,8-9,14-15H2. The molecule has 0 bridgehead atoms. The molecule has 0 saturated carbocycles. The SMILES string of the molecule is O=C(CCCCCO)c1c(-c2ccccc2)c[nH]c1-c1ccccc1. The second-order valence-electron chi connectivity index (χ2n) is 6.14. The summed E-state index contributed by atoms with van der Waals surface area (Å²) in [7, 11) is 0. The van der Waals surface area contributed by atoms with Gasteiger partial charge in [0.1, 0.15) is 0 Å². The molecule has 3 rings (SSSR count). The van der Waals surface area contributed by atoms with Crippen molar-refractivity contribution in [3.8, 4) is 22.4 Å². The summed E-state index contributed by atoms with van der Waals surface area (Å²) in [5.41, 5.74) is 4.66. The zero-order valence-electron chi connectivity index (χ0n) is 14.2. The van der Waals surface area contributed by atoms with Gasteiger partial charge in [0, 0.05) is 24.8 Å². The molecule has 1 aromatic heterocycles. The van der Waals surface area contributed by atoms with E-state index in [1.165, 1.54) is 0 Å². The molecule has 2 aromatic carbocycles. The number of aromatic nitrogens is 1. The average molecular weight is 333 g/mol. The van der Waals surface area contributed by atoms with Crippen LogP contribution in [0.3, 0.4) is 0 Å². The number of hydrogen-bond acceptors (Lipinski definition) is 2. The van der Waals surface area contributed by atoms with Crippen LogP contribution in [0.2, 0.25) is 0 Å². The fourth-order valence-electron chi connectivity index (χ4n) is 3.09. The lowest BCUT2D eigenvalue weighted by molar-refractivity contribution is 0.0979. The van der Waals surface area contributed by atoms with Gasteiger partial charge in [-0.2, -0.15) is 0 Å². The molecule has 0 spiro atoms. The van der Waals surface area contributed by atoms with Gasteiger partial charge >= 0.3 is 0 Å². The predicted molar refractivity (Wildman–Crippen MR) is 102 cm³/mol. The van der Waals surface area contributed by atoms with E-state index in [-0.39, 0.29) is 12.4 Å². The lowest BCUT2D eigenvalue weighted by Gasteiger charge is -2.08. The summed E-state index contributed by atoms with van der Waals surface area (Å²) < 4.78 is 0. The van der Waals surface area contributed by atoms with Crippen molar-refractivity contribution >= 4 is 5.78 Å². The van der Waals surface area contributed by atoms with Crippen LogP contribution >= 0.6 is 0 Å². The largest absolute Gasteiger partial charge is 0.396 e. The van der Waals surface area contributed by atoms with Crippen LogP contribution in [0.4, 0.5) is 0 Å². The molecule has 0 aliphatic carbocycles. The van der Waals surface area contributed by atoms with Crippen LogP contribution in [0.5, 0.6) is 0 Å². The quantitative estimate of drug-likeness (QED) is 0.446. The summed E-state index contributed by atoms with van der Waals surface area (Å²) in [6, 6.07) is 20.0. The normalized spacial score (nSPS) is 10.8. The summed E-state index contributed by atoms with van der Waals surface area (Å²) in [6.07, 6.45) is 4.84. The van der Waals surface area contributed by atoms with Crippen molar-refractivity contribution in [2.24, 2.45) is 0 Å². The lowest BCUT2D eigenvalue weighted by atomic mass is 9.94. The number of H-pyrrole nitrogens is 1. The van der Waals surface area contributed by atoms with Crippen molar-refractivity contribution < 1.29 is 9.90 Å². The maximum absolute atomic E-state index is 13.0. The molecule has 0 aliphatic heterocycles. The molecule has 3 nitrogen and oxygen atoms in total. The van der Waals surface area contributed by atoms with Crippen LogP contribution in [0, 0.1) is 0 Å². The van der Waals surface area contributed by atoms with Crippen LogP contribution < -0.4 is 0 Å². The first kappa shape index (κ1) is 17.2. The predicted octanol–water partition coefficient (Wildman–Crippen LogP) is 5.08. The van der Waals surface area contributed by atoms with Gasteiger partial charge in [-0.3, -0.25) is 4.79 Å². The average Bonchev–Trinajstić information content (AvgIpc) is 3.12. The minimum absolute atomic E-state index is 0.150. The van der Waals surface area contributed by atoms with Crippen molar-refractivity contribution in [2.75, 3.05) is 6.61 Å². The molecule has 3 aromatic rings. The second kappa shape index (κ2) is 8.45. The summed E-state index contributed by atoms with van der Waals surface area (Å²) in [4.78, 5) is 16.3. The van der Waals surface area contributed by atoms with Gasteiger partial charge in [-0.25, -0.2) is 0 Å². The highest BCUT2D eigenvalue weighted by atomic mass is 16.2. The number of Topliss-reactive ketones (excluding diaryl/α,β-unsaturated/α-hetero) is 1. The Morgan fingerprint density at radius 1 is 0.840 bits per heavy atom. The highest BCUT2D eigenvalue weighted by Crippen LogP contribution is 2.33. The van der Waals surface area contributed by atoms with Crippen molar-refractivity contribution in [3.05, 3.63) is 72.4 Å². The van der Waals surface area contributed by atoms with Crippen LogP contribution in [-0.2, 0) is 0 Å². The molecule has 0 saturated heterocycles. The van der Waals surface area contributed by atoms with Crippen LogP contribution in [0.25, 0.3) is 22.4 Å². The molecule has 3 heteroatoms. The molecule has 128 valence electrons. The van der Waals surface area contributed by atoms with Crippen LogP contribution in [0.1, 0.15) is 36.0 Å². The molecule has 0 aliphatic rings. The molecule has 0 unspecified atom stereocenters. The van der Waals surface area contributed by atoms with Gasteiger partial charge in [0.25, 0.3) is 0 Å². The minimum Gasteiger partial charge on any atom is -0.396 e. The van der Waals surface area contributed by atoms with Gasteiger partial charge < -0.3 is 10.1 Å². The number of rotatable bonds is 8. The summed E-state index contributed by atoms with van der Waals surface area (Å²) >= 11 is 0. The van der Waals surface area contributed by atoms with E-state index < -0.39 is 0 Å². The molecular weight excluding hydrogens is 310 g/mol. The Morgan fingerprint density at radius 2 is 1.48 bits per heavy atom. The van der Waals surface area contributed by atoms with Gasteiger partial charge in [-0.15, -0.1) is 0 Å². The van der Waals surface area contributed by atoms with Crippen LogP contribution in [-0.4, -0.2) is 22.5 Å². The number of carbonyl (C=O) groups excluding carboxylic acids is 1. The molecule has 1 heterocycles. The first-order valence-corrected chi connectivity index (χ1v) is 8.77. The molecule has 2 N–H and O–H groups in total. The van der Waals surface area contributed by atoms with E-state index >= 15 is 0 Å². The van der Waals surface area contributed by atoms with E-state index in [4.69, 9.17) is 5.11 Å². The molecule has 0 radical (unpaired) electrons. The van der Waals surface area contributed by atoms with Crippen molar-refractivity contribution in [1.29, 1.82) is 0 Å². The maximum Gasteiger partial charge on any atom is 0.165 e. The highest BCUT2D eigenvalue weighted by molar-refractivity contribution is 6.07. The van der Waals surface area contributed by atoms with E-state index in [1.807, 2.05) is 66.9 Å². The number of nitrogens with one attached hydrogen (secondary N) is 1. The zero-order valence-corrected chi connectivity index (χ0v) is 14.2. The number of unbranched alkanes of at least 4 members (excludes halogenated alkanes) is 2. The zero-order chi connectivity index (χ0) is 17.5. The number of aliphatic hydroxyl groups is 1. The Balaban J connectivity index is 1.97. The van der Waals surface area contributed by atoms with Crippen molar-refractivity contribution in [2.45, 2.75) is 25.7 Å². The fraction of sp³-hybridized carbons (Fsp3) is 0.227. The topological polar surface area (TPSA) is 53.1 Å². The number of benzene rings is 2. The van der Waals surface area contributed by atoms with Gasteiger partial charge in [-0.05, 0) is 24.0 Å². The van der Waals surface area contributed by atoms with E-state index in [0.717, 1.165) is 47.2 Å². The Labute approximate surface area is 148 Å². The number of hydrogen-bond donors (Lipinski definition) is 2. The monoisotopic (exact) mass is 333 g/mol.